The third-order valence-corrected chi connectivity index (χ3v) is 2.82. The number of hydrogen-bond acceptors (Lipinski definition) is 2. The molecule has 1 aliphatic heterocycles. The van der Waals surface area contributed by atoms with Gasteiger partial charge in [-0.05, 0) is 32.1 Å². The smallest absolute Gasteiger partial charge is 0.0507 e. The number of rotatable bonds is 6. The van der Waals surface area contributed by atoms with E-state index in [1.54, 1.807) is 0 Å². The van der Waals surface area contributed by atoms with Gasteiger partial charge in [0.2, 0.25) is 0 Å². The molecule has 0 amide bonds. The van der Waals surface area contributed by atoms with Gasteiger partial charge in [-0.2, -0.15) is 0 Å². The summed E-state index contributed by atoms with van der Waals surface area (Å²) in [6.45, 7) is 5.21. The van der Waals surface area contributed by atoms with E-state index < -0.39 is 0 Å². The molecular weight excluding hydrogens is 186 g/mol. The lowest BCUT2D eigenvalue weighted by Crippen LogP contribution is -2.31. The Morgan fingerprint density at radius 2 is 2.46 bits per heavy atom. The summed E-state index contributed by atoms with van der Waals surface area (Å²) >= 11 is 5.63. The minimum atomic E-state index is 0.597. The molecular formula is C10H20ClNO. The molecule has 0 aromatic rings. The Morgan fingerprint density at radius 1 is 1.62 bits per heavy atom. The average Bonchev–Trinajstić information content (AvgIpc) is 2.64. The van der Waals surface area contributed by atoms with Crippen molar-refractivity contribution in [2.45, 2.75) is 32.2 Å². The standard InChI is InChI=1S/C10H20ClNO/c1-9(3-2-5-11)12-7-10-4-6-13-8-10/h9-10,12H,2-8H2,1H3. The van der Waals surface area contributed by atoms with Gasteiger partial charge >= 0.3 is 0 Å². The van der Waals surface area contributed by atoms with Crippen molar-refractivity contribution in [3.63, 3.8) is 0 Å². The van der Waals surface area contributed by atoms with E-state index in [0.29, 0.717) is 6.04 Å². The van der Waals surface area contributed by atoms with Crippen LogP contribution in [0.15, 0.2) is 0 Å². The first-order chi connectivity index (χ1) is 6.33. The van der Waals surface area contributed by atoms with Gasteiger partial charge in [-0.3, -0.25) is 0 Å². The maximum absolute atomic E-state index is 5.63. The van der Waals surface area contributed by atoms with E-state index in [0.717, 1.165) is 38.0 Å². The zero-order valence-corrected chi connectivity index (χ0v) is 9.15. The van der Waals surface area contributed by atoms with Crippen molar-refractivity contribution >= 4 is 11.6 Å². The Morgan fingerprint density at radius 3 is 3.08 bits per heavy atom. The summed E-state index contributed by atoms with van der Waals surface area (Å²) in [5.74, 6) is 1.51. The summed E-state index contributed by atoms with van der Waals surface area (Å²) in [4.78, 5) is 0. The van der Waals surface area contributed by atoms with Gasteiger partial charge in [-0.25, -0.2) is 0 Å². The molecule has 0 aromatic carbocycles. The first-order valence-corrected chi connectivity index (χ1v) is 5.73. The van der Waals surface area contributed by atoms with Crippen LogP contribution in [0.25, 0.3) is 0 Å². The highest BCUT2D eigenvalue weighted by Gasteiger charge is 2.15. The first kappa shape index (κ1) is 11.3. The molecule has 1 N–H and O–H groups in total. The molecule has 1 fully saturated rings. The van der Waals surface area contributed by atoms with E-state index >= 15 is 0 Å². The molecule has 0 saturated carbocycles. The van der Waals surface area contributed by atoms with Gasteiger partial charge in [0.1, 0.15) is 0 Å². The van der Waals surface area contributed by atoms with Crippen LogP contribution in [0.4, 0.5) is 0 Å². The highest BCUT2D eigenvalue weighted by atomic mass is 35.5. The predicted octanol–water partition coefficient (Wildman–Crippen LogP) is 2.02. The van der Waals surface area contributed by atoms with Gasteiger partial charge in [-0.15, -0.1) is 11.6 Å². The van der Waals surface area contributed by atoms with E-state index in [2.05, 4.69) is 12.2 Å². The van der Waals surface area contributed by atoms with E-state index in [1.165, 1.54) is 12.8 Å². The SMILES string of the molecule is CC(CCCCl)NCC1CCOC1. The van der Waals surface area contributed by atoms with E-state index in [1.807, 2.05) is 0 Å². The van der Waals surface area contributed by atoms with Crippen LogP contribution in [-0.4, -0.2) is 31.7 Å². The van der Waals surface area contributed by atoms with E-state index in [-0.39, 0.29) is 0 Å². The molecule has 0 spiro atoms. The zero-order chi connectivity index (χ0) is 9.52. The monoisotopic (exact) mass is 205 g/mol. The Bertz CT molecular complexity index is 126. The molecule has 0 aromatic heterocycles. The van der Waals surface area contributed by atoms with Crippen molar-refractivity contribution in [2.24, 2.45) is 5.92 Å². The third-order valence-electron chi connectivity index (χ3n) is 2.55. The molecule has 1 saturated heterocycles. The third kappa shape index (κ3) is 4.84. The van der Waals surface area contributed by atoms with Crippen LogP contribution in [0.5, 0.6) is 0 Å². The average molecular weight is 206 g/mol. The summed E-state index contributed by atoms with van der Waals surface area (Å²) in [6.07, 6.45) is 3.50. The highest BCUT2D eigenvalue weighted by molar-refractivity contribution is 6.17. The molecule has 0 aliphatic carbocycles. The van der Waals surface area contributed by atoms with Crippen molar-refractivity contribution in [3.8, 4) is 0 Å². The van der Waals surface area contributed by atoms with Crippen molar-refractivity contribution in [1.29, 1.82) is 0 Å². The highest BCUT2D eigenvalue weighted by Crippen LogP contribution is 2.11. The maximum Gasteiger partial charge on any atom is 0.0507 e. The predicted molar refractivity (Wildman–Crippen MR) is 56.3 cm³/mol. The van der Waals surface area contributed by atoms with Crippen LogP contribution in [-0.2, 0) is 4.74 Å². The van der Waals surface area contributed by atoms with Crippen LogP contribution in [0.1, 0.15) is 26.2 Å². The second-order valence-corrected chi connectivity index (χ2v) is 4.25. The maximum atomic E-state index is 5.63. The normalized spacial score (nSPS) is 24.9. The Labute approximate surface area is 86.0 Å². The van der Waals surface area contributed by atoms with Crippen molar-refractivity contribution in [3.05, 3.63) is 0 Å². The van der Waals surface area contributed by atoms with Crippen molar-refractivity contribution in [2.75, 3.05) is 25.6 Å². The molecule has 1 heterocycles. The number of halogens is 1. The van der Waals surface area contributed by atoms with Crippen molar-refractivity contribution < 1.29 is 4.74 Å². The van der Waals surface area contributed by atoms with Gasteiger partial charge in [0.15, 0.2) is 0 Å². The minimum absolute atomic E-state index is 0.597. The zero-order valence-electron chi connectivity index (χ0n) is 8.39. The van der Waals surface area contributed by atoms with E-state index in [4.69, 9.17) is 16.3 Å². The molecule has 0 radical (unpaired) electrons. The number of nitrogens with one attached hydrogen (secondary N) is 1. The van der Waals surface area contributed by atoms with Gasteiger partial charge < -0.3 is 10.1 Å². The molecule has 0 bridgehead atoms. The lowest BCUT2D eigenvalue weighted by atomic mass is 10.1. The second kappa shape index (κ2) is 6.63. The quantitative estimate of drug-likeness (QED) is 0.670. The molecule has 13 heavy (non-hydrogen) atoms. The van der Waals surface area contributed by atoms with Gasteiger partial charge in [-0.1, -0.05) is 0 Å². The first-order valence-electron chi connectivity index (χ1n) is 5.20. The van der Waals surface area contributed by atoms with Crippen LogP contribution in [0, 0.1) is 5.92 Å². The Kier molecular flexibility index (Phi) is 5.76. The van der Waals surface area contributed by atoms with Crippen LogP contribution < -0.4 is 5.32 Å². The fourth-order valence-corrected chi connectivity index (χ4v) is 1.75. The van der Waals surface area contributed by atoms with Crippen LogP contribution in [0.3, 0.4) is 0 Å². The lowest BCUT2D eigenvalue weighted by Gasteiger charge is -2.15. The molecule has 2 nitrogen and oxygen atoms in total. The van der Waals surface area contributed by atoms with Crippen LogP contribution in [0.2, 0.25) is 0 Å². The molecule has 3 heteroatoms. The summed E-state index contributed by atoms with van der Waals surface area (Å²) in [5.41, 5.74) is 0. The summed E-state index contributed by atoms with van der Waals surface area (Å²) in [5, 5.41) is 3.52. The Hall–Kier alpha value is 0.210. The minimum Gasteiger partial charge on any atom is -0.381 e. The topological polar surface area (TPSA) is 21.3 Å². The lowest BCUT2D eigenvalue weighted by molar-refractivity contribution is 0.184. The molecule has 2 unspecified atom stereocenters. The molecule has 1 rings (SSSR count). The summed E-state index contributed by atoms with van der Waals surface area (Å²) < 4.78 is 5.31. The molecule has 1 aliphatic rings. The largest absolute Gasteiger partial charge is 0.381 e. The van der Waals surface area contributed by atoms with Crippen molar-refractivity contribution in [1.82, 2.24) is 5.32 Å². The number of ether oxygens (including phenoxy) is 1. The van der Waals surface area contributed by atoms with Crippen LogP contribution >= 0.6 is 11.6 Å². The molecule has 78 valence electrons. The van der Waals surface area contributed by atoms with Gasteiger partial charge in [0.05, 0.1) is 6.61 Å². The van der Waals surface area contributed by atoms with E-state index in [9.17, 15) is 0 Å². The van der Waals surface area contributed by atoms with Gasteiger partial charge in [0.25, 0.3) is 0 Å². The Balaban J connectivity index is 1.97. The number of hydrogen-bond donors (Lipinski definition) is 1. The number of alkyl halides is 1. The molecule has 2 atom stereocenters. The fourth-order valence-electron chi connectivity index (χ4n) is 1.60. The summed E-state index contributed by atoms with van der Waals surface area (Å²) in [6, 6.07) is 0.597. The second-order valence-electron chi connectivity index (χ2n) is 3.87. The van der Waals surface area contributed by atoms with Gasteiger partial charge in [0, 0.05) is 25.1 Å². The fraction of sp³-hybridized carbons (Fsp3) is 1.00. The summed E-state index contributed by atoms with van der Waals surface area (Å²) in [7, 11) is 0.